The van der Waals surface area contributed by atoms with Gasteiger partial charge in [-0.3, -0.25) is 0 Å². The van der Waals surface area contributed by atoms with Crippen LogP contribution in [-0.2, 0) is 6.54 Å². The van der Waals surface area contributed by atoms with Gasteiger partial charge in [0.25, 0.3) is 0 Å². The van der Waals surface area contributed by atoms with Gasteiger partial charge in [-0.05, 0) is 41.1 Å². The predicted octanol–water partition coefficient (Wildman–Crippen LogP) is 3.64. The normalized spacial score (nSPS) is 10.4. The Morgan fingerprint density at radius 2 is 2.19 bits per heavy atom. The molecule has 3 nitrogen and oxygen atoms in total. The number of para-hydroxylation sites is 1. The average molecular weight is 327 g/mol. The molecule has 0 saturated heterocycles. The van der Waals surface area contributed by atoms with E-state index in [0.29, 0.717) is 0 Å². The molecule has 1 N–H and O–H groups in total. The van der Waals surface area contributed by atoms with E-state index in [1.54, 1.807) is 0 Å². The number of aryl methyl sites for hydroxylation is 1. The molecule has 0 aliphatic carbocycles. The van der Waals surface area contributed by atoms with Gasteiger partial charge in [0.2, 0.25) is 5.95 Å². The summed E-state index contributed by atoms with van der Waals surface area (Å²) in [6, 6.07) is 8.20. The summed E-state index contributed by atoms with van der Waals surface area (Å²) < 4.78 is 3.33. The van der Waals surface area contributed by atoms with Gasteiger partial charge in [0, 0.05) is 22.5 Å². The number of hydrogen-bond donors (Lipinski definition) is 1. The molecule has 0 atom stereocenters. The Hall–Kier alpha value is -1.04. The zero-order valence-electron chi connectivity index (χ0n) is 9.15. The summed E-state index contributed by atoms with van der Waals surface area (Å²) in [5.74, 6) is 0.908. The highest BCUT2D eigenvalue weighted by molar-refractivity contribution is 14.1. The quantitative estimate of drug-likeness (QED) is 0.869. The zero-order valence-corrected chi connectivity index (χ0v) is 11.3. The third-order valence-electron chi connectivity index (χ3n) is 2.30. The highest BCUT2D eigenvalue weighted by atomic mass is 127. The van der Waals surface area contributed by atoms with E-state index in [9.17, 15) is 0 Å². The average Bonchev–Trinajstić information content (AvgIpc) is 2.70. The molecule has 16 heavy (non-hydrogen) atoms. The Balaban J connectivity index is 2.20. The molecule has 0 bridgehead atoms. The molecule has 0 radical (unpaired) electrons. The number of nitrogens with zero attached hydrogens (tertiary/aromatic N) is 2. The van der Waals surface area contributed by atoms with Crippen molar-refractivity contribution in [3.8, 4) is 0 Å². The number of halogens is 1. The van der Waals surface area contributed by atoms with Gasteiger partial charge in [0.15, 0.2) is 0 Å². The second-order valence-corrected chi connectivity index (χ2v) is 4.71. The molecule has 4 heteroatoms. The summed E-state index contributed by atoms with van der Waals surface area (Å²) in [7, 11) is 0. The van der Waals surface area contributed by atoms with Crippen molar-refractivity contribution in [3.05, 3.63) is 40.2 Å². The molecule has 0 fully saturated rings. The third kappa shape index (κ3) is 2.55. The Morgan fingerprint density at radius 1 is 1.38 bits per heavy atom. The Kier molecular flexibility index (Phi) is 3.82. The lowest BCUT2D eigenvalue weighted by atomic mass is 10.3. The molecule has 84 valence electrons. The minimum Gasteiger partial charge on any atom is -0.325 e. The fraction of sp³-hybridized carbons (Fsp3) is 0.250. The maximum absolute atomic E-state index is 4.32. The molecule has 2 aromatic rings. The van der Waals surface area contributed by atoms with E-state index in [2.05, 4.69) is 56.5 Å². The van der Waals surface area contributed by atoms with Gasteiger partial charge >= 0.3 is 0 Å². The largest absolute Gasteiger partial charge is 0.325 e. The number of benzene rings is 1. The molecule has 0 unspecified atom stereocenters. The van der Waals surface area contributed by atoms with Crippen LogP contribution in [0, 0.1) is 3.57 Å². The summed E-state index contributed by atoms with van der Waals surface area (Å²) in [5, 5.41) is 3.35. The lowest BCUT2D eigenvalue weighted by Crippen LogP contribution is -2.03. The molecular formula is C12H14IN3. The molecule has 0 aliphatic rings. The van der Waals surface area contributed by atoms with Crippen LogP contribution in [0.3, 0.4) is 0 Å². The topological polar surface area (TPSA) is 29.9 Å². The number of imidazole rings is 1. The fourth-order valence-corrected chi connectivity index (χ4v) is 2.06. The Morgan fingerprint density at radius 3 is 2.94 bits per heavy atom. The summed E-state index contributed by atoms with van der Waals surface area (Å²) in [6.45, 7) is 3.15. The third-order valence-corrected chi connectivity index (χ3v) is 3.24. The van der Waals surface area contributed by atoms with E-state index < -0.39 is 0 Å². The fourth-order valence-electron chi connectivity index (χ4n) is 1.54. The van der Waals surface area contributed by atoms with Crippen LogP contribution in [0.15, 0.2) is 36.7 Å². The molecule has 1 heterocycles. The van der Waals surface area contributed by atoms with Gasteiger partial charge in [-0.15, -0.1) is 0 Å². The molecule has 1 aromatic carbocycles. The van der Waals surface area contributed by atoms with E-state index in [1.165, 1.54) is 3.57 Å². The van der Waals surface area contributed by atoms with Gasteiger partial charge in [0.05, 0.1) is 5.69 Å². The number of anilines is 2. The van der Waals surface area contributed by atoms with Crippen LogP contribution in [0.1, 0.15) is 13.3 Å². The van der Waals surface area contributed by atoms with Crippen molar-refractivity contribution < 1.29 is 0 Å². The van der Waals surface area contributed by atoms with Crippen LogP contribution < -0.4 is 5.32 Å². The summed E-state index contributed by atoms with van der Waals surface area (Å²) in [6.07, 6.45) is 4.94. The van der Waals surface area contributed by atoms with Gasteiger partial charge in [-0.2, -0.15) is 0 Å². The Bertz CT molecular complexity index is 465. The Labute approximate surface area is 109 Å². The molecule has 0 amide bonds. The zero-order chi connectivity index (χ0) is 11.4. The number of nitrogens with one attached hydrogen (secondary N) is 1. The van der Waals surface area contributed by atoms with Crippen LogP contribution >= 0.6 is 22.6 Å². The highest BCUT2D eigenvalue weighted by Crippen LogP contribution is 2.21. The first kappa shape index (κ1) is 11.4. The van der Waals surface area contributed by atoms with Crippen molar-refractivity contribution in [1.82, 2.24) is 9.55 Å². The van der Waals surface area contributed by atoms with Gasteiger partial charge in [-0.25, -0.2) is 4.98 Å². The molecular weight excluding hydrogens is 313 g/mol. The minimum atomic E-state index is 0.908. The number of rotatable bonds is 4. The van der Waals surface area contributed by atoms with Crippen molar-refractivity contribution in [2.75, 3.05) is 5.32 Å². The van der Waals surface area contributed by atoms with E-state index in [4.69, 9.17) is 0 Å². The maximum atomic E-state index is 4.32. The van der Waals surface area contributed by atoms with Gasteiger partial charge < -0.3 is 9.88 Å². The van der Waals surface area contributed by atoms with Crippen molar-refractivity contribution >= 4 is 34.2 Å². The van der Waals surface area contributed by atoms with E-state index >= 15 is 0 Å². The van der Waals surface area contributed by atoms with E-state index in [0.717, 1.165) is 24.6 Å². The second kappa shape index (κ2) is 5.34. The predicted molar refractivity (Wildman–Crippen MR) is 75.0 cm³/mol. The van der Waals surface area contributed by atoms with Crippen LogP contribution in [0.5, 0.6) is 0 Å². The second-order valence-electron chi connectivity index (χ2n) is 3.55. The first-order valence-corrected chi connectivity index (χ1v) is 6.42. The molecule has 0 aliphatic heterocycles. The number of hydrogen-bond acceptors (Lipinski definition) is 2. The molecule has 0 spiro atoms. The van der Waals surface area contributed by atoms with Crippen LogP contribution in [0.2, 0.25) is 0 Å². The summed E-state index contributed by atoms with van der Waals surface area (Å²) in [5.41, 5.74) is 1.10. The molecule has 2 rings (SSSR count). The van der Waals surface area contributed by atoms with Crippen LogP contribution in [0.25, 0.3) is 0 Å². The minimum absolute atomic E-state index is 0.908. The van der Waals surface area contributed by atoms with Crippen LogP contribution in [0.4, 0.5) is 11.6 Å². The SMILES string of the molecule is CCCn1ccnc1Nc1ccccc1I. The van der Waals surface area contributed by atoms with Gasteiger partial charge in [0.1, 0.15) is 0 Å². The summed E-state index contributed by atoms with van der Waals surface area (Å²) >= 11 is 2.32. The highest BCUT2D eigenvalue weighted by Gasteiger charge is 2.03. The first-order valence-electron chi connectivity index (χ1n) is 5.34. The monoisotopic (exact) mass is 327 g/mol. The standard InChI is InChI=1S/C12H14IN3/c1-2-8-16-9-7-14-12(16)15-11-6-4-3-5-10(11)13/h3-7,9H,2,8H2,1H3,(H,14,15). The molecule has 1 aromatic heterocycles. The van der Waals surface area contributed by atoms with Crippen molar-refractivity contribution in [3.63, 3.8) is 0 Å². The summed E-state index contributed by atoms with van der Waals surface area (Å²) in [4.78, 5) is 4.32. The van der Waals surface area contributed by atoms with Crippen molar-refractivity contribution in [2.45, 2.75) is 19.9 Å². The van der Waals surface area contributed by atoms with Crippen molar-refractivity contribution in [2.24, 2.45) is 0 Å². The first-order chi connectivity index (χ1) is 7.81. The van der Waals surface area contributed by atoms with Crippen LogP contribution in [-0.4, -0.2) is 9.55 Å². The lowest BCUT2D eigenvalue weighted by Gasteiger charge is -2.09. The van der Waals surface area contributed by atoms with Crippen molar-refractivity contribution in [1.29, 1.82) is 0 Å². The maximum Gasteiger partial charge on any atom is 0.207 e. The number of aromatic nitrogens is 2. The smallest absolute Gasteiger partial charge is 0.207 e. The molecule has 0 saturated carbocycles. The lowest BCUT2D eigenvalue weighted by molar-refractivity contribution is 0.686. The van der Waals surface area contributed by atoms with E-state index in [1.807, 2.05) is 24.5 Å². The van der Waals surface area contributed by atoms with Gasteiger partial charge in [-0.1, -0.05) is 19.1 Å². The van der Waals surface area contributed by atoms with E-state index in [-0.39, 0.29) is 0 Å².